The summed E-state index contributed by atoms with van der Waals surface area (Å²) in [5.74, 6) is 6.55. The average molecular weight is 341 g/mol. The second-order valence-corrected chi connectivity index (χ2v) is 6.17. The van der Waals surface area contributed by atoms with Crippen LogP contribution in [0.2, 0.25) is 0 Å². The molecule has 0 spiro atoms. The molecule has 1 aromatic carbocycles. The van der Waals surface area contributed by atoms with Crippen molar-refractivity contribution in [3.63, 3.8) is 0 Å². The molecule has 1 heterocycles. The van der Waals surface area contributed by atoms with Gasteiger partial charge in [-0.2, -0.15) is 0 Å². The van der Waals surface area contributed by atoms with E-state index in [9.17, 15) is 0 Å². The smallest absolute Gasteiger partial charge is 0.119 e. The summed E-state index contributed by atoms with van der Waals surface area (Å²) in [6.45, 7) is 0. The summed E-state index contributed by atoms with van der Waals surface area (Å²) in [6.07, 6.45) is 1.78. The number of ether oxygens (including phenoxy) is 1. The SMILES string of the molecule is COc1cccc(CC(Cc2sccc2Br)NN)c1. The highest BCUT2D eigenvalue weighted by Gasteiger charge is 2.12. The number of hydrazine groups is 1. The van der Waals surface area contributed by atoms with Crippen LogP contribution >= 0.6 is 27.3 Å². The molecule has 3 N–H and O–H groups in total. The number of hydrogen-bond donors (Lipinski definition) is 2. The Balaban J connectivity index is 2.04. The highest BCUT2D eigenvalue weighted by Crippen LogP contribution is 2.25. The number of halogens is 1. The lowest BCUT2D eigenvalue weighted by molar-refractivity contribution is 0.413. The van der Waals surface area contributed by atoms with Crippen LogP contribution in [0.15, 0.2) is 40.2 Å². The van der Waals surface area contributed by atoms with Gasteiger partial charge in [0.05, 0.1) is 7.11 Å². The third-order valence-corrected chi connectivity index (χ3v) is 4.92. The lowest BCUT2D eigenvalue weighted by Gasteiger charge is -2.16. The fraction of sp³-hybridized carbons (Fsp3) is 0.286. The molecule has 19 heavy (non-hydrogen) atoms. The molecular weight excluding hydrogens is 324 g/mol. The van der Waals surface area contributed by atoms with Gasteiger partial charge in [-0.15, -0.1) is 11.3 Å². The topological polar surface area (TPSA) is 47.3 Å². The Bertz CT molecular complexity index is 530. The van der Waals surface area contributed by atoms with E-state index in [0.29, 0.717) is 0 Å². The molecule has 1 aromatic heterocycles. The number of benzene rings is 1. The summed E-state index contributed by atoms with van der Waals surface area (Å²) in [7, 11) is 1.68. The molecule has 3 nitrogen and oxygen atoms in total. The van der Waals surface area contributed by atoms with E-state index in [0.717, 1.165) is 23.1 Å². The van der Waals surface area contributed by atoms with Crippen LogP contribution in [0.4, 0.5) is 0 Å². The van der Waals surface area contributed by atoms with Crippen LogP contribution in [0.3, 0.4) is 0 Å². The fourth-order valence-corrected chi connectivity index (χ4v) is 3.56. The van der Waals surface area contributed by atoms with Gasteiger partial charge in [-0.1, -0.05) is 12.1 Å². The number of rotatable bonds is 6. The van der Waals surface area contributed by atoms with E-state index in [4.69, 9.17) is 10.6 Å². The normalized spacial score (nSPS) is 12.4. The van der Waals surface area contributed by atoms with Gasteiger partial charge >= 0.3 is 0 Å². The molecule has 0 saturated heterocycles. The minimum atomic E-state index is 0.210. The minimum Gasteiger partial charge on any atom is -0.497 e. The molecule has 5 heteroatoms. The van der Waals surface area contributed by atoms with E-state index in [1.807, 2.05) is 18.2 Å². The largest absolute Gasteiger partial charge is 0.497 e. The first-order valence-electron chi connectivity index (χ1n) is 6.04. The number of thiophene rings is 1. The van der Waals surface area contributed by atoms with E-state index >= 15 is 0 Å². The molecule has 0 aliphatic rings. The van der Waals surface area contributed by atoms with Crippen molar-refractivity contribution in [3.05, 3.63) is 50.6 Å². The van der Waals surface area contributed by atoms with Crippen LogP contribution in [-0.2, 0) is 12.8 Å². The van der Waals surface area contributed by atoms with E-state index in [-0.39, 0.29) is 6.04 Å². The average Bonchev–Trinajstić information content (AvgIpc) is 2.83. The second kappa shape index (κ2) is 7.05. The monoisotopic (exact) mass is 340 g/mol. The van der Waals surface area contributed by atoms with Crippen molar-refractivity contribution < 1.29 is 4.74 Å². The van der Waals surface area contributed by atoms with Crippen LogP contribution in [0.25, 0.3) is 0 Å². The second-order valence-electron chi connectivity index (χ2n) is 4.32. The molecule has 0 amide bonds. The van der Waals surface area contributed by atoms with E-state index in [1.165, 1.54) is 10.4 Å². The van der Waals surface area contributed by atoms with Crippen molar-refractivity contribution in [2.24, 2.45) is 5.84 Å². The summed E-state index contributed by atoms with van der Waals surface area (Å²) in [4.78, 5) is 1.31. The molecular formula is C14H17BrN2OS. The molecule has 102 valence electrons. The summed E-state index contributed by atoms with van der Waals surface area (Å²) in [6, 6.07) is 10.4. The van der Waals surface area contributed by atoms with Gasteiger partial charge in [0, 0.05) is 15.4 Å². The molecule has 0 bridgehead atoms. The number of nitrogens with one attached hydrogen (secondary N) is 1. The van der Waals surface area contributed by atoms with Gasteiger partial charge in [0.1, 0.15) is 5.75 Å². The molecule has 1 unspecified atom stereocenters. The quantitative estimate of drug-likeness (QED) is 0.627. The van der Waals surface area contributed by atoms with Crippen molar-refractivity contribution in [2.75, 3.05) is 7.11 Å². The highest BCUT2D eigenvalue weighted by atomic mass is 79.9. The Labute approximate surface area is 125 Å². The van der Waals surface area contributed by atoms with Crippen molar-refractivity contribution in [2.45, 2.75) is 18.9 Å². The third-order valence-electron chi connectivity index (χ3n) is 2.97. The minimum absolute atomic E-state index is 0.210. The van der Waals surface area contributed by atoms with Crippen LogP contribution in [-0.4, -0.2) is 13.2 Å². The van der Waals surface area contributed by atoms with E-state index in [2.05, 4.69) is 38.9 Å². The van der Waals surface area contributed by atoms with Gasteiger partial charge in [0.15, 0.2) is 0 Å². The molecule has 0 radical (unpaired) electrons. The predicted octanol–water partition coefficient (Wildman–Crippen LogP) is 3.14. The van der Waals surface area contributed by atoms with Crippen molar-refractivity contribution in [1.82, 2.24) is 5.43 Å². The zero-order valence-electron chi connectivity index (χ0n) is 10.7. The van der Waals surface area contributed by atoms with E-state index in [1.54, 1.807) is 18.4 Å². The molecule has 0 fully saturated rings. The molecule has 0 aliphatic carbocycles. The first-order valence-corrected chi connectivity index (χ1v) is 7.71. The number of hydrogen-bond acceptors (Lipinski definition) is 4. The highest BCUT2D eigenvalue weighted by molar-refractivity contribution is 9.10. The maximum absolute atomic E-state index is 5.67. The van der Waals surface area contributed by atoms with Crippen LogP contribution < -0.4 is 16.0 Å². The van der Waals surface area contributed by atoms with Crippen molar-refractivity contribution in [3.8, 4) is 5.75 Å². The Morgan fingerprint density at radius 1 is 1.37 bits per heavy atom. The first-order chi connectivity index (χ1) is 9.22. The van der Waals surface area contributed by atoms with Crippen LogP contribution in [0.1, 0.15) is 10.4 Å². The zero-order valence-corrected chi connectivity index (χ0v) is 13.1. The van der Waals surface area contributed by atoms with Gasteiger partial charge in [-0.25, -0.2) is 0 Å². The lowest BCUT2D eigenvalue weighted by Crippen LogP contribution is -2.38. The third kappa shape index (κ3) is 4.04. The predicted molar refractivity (Wildman–Crippen MR) is 83.5 cm³/mol. The first kappa shape index (κ1) is 14.5. The Morgan fingerprint density at radius 2 is 2.21 bits per heavy atom. The van der Waals surface area contributed by atoms with Crippen LogP contribution in [0, 0.1) is 0 Å². The van der Waals surface area contributed by atoms with Crippen LogP contribution in [0.5, 0.6) is 5.75 Å². The Hall–Kier alpha value is -0.880. The molecule has 0 aliphatic heterocycles. The summed E-state index contributed by atoms with van der Waals surface area (Å²) >= 11 is 5.30. The molecule has 2 rings (SSSR count). The Morgan fingerprint density at radius 3 is 2.84 bits per heavy atom. The summed E-state index contributed by atoms with van der Waals surface area (Å²) in [5, 5.41) is 2.08. The van der Waals surface area contributed by atoms with Gasteiger partial charge in [-0.3, -0.25) is 11.3 Å². The Kier molecular flexibility index (Phi) is 5.39. The number of nitrogens with two attached hydrogens (primary N) is 1. The van der Waals surface area contributed by atoms with Gasteiger partial charge in [0.25, 0.3) is 0 Å². The van der Waals surface area contributed by atoms with E-state index < -0.39 is 0 Å². The van der Waals surface area contributed by atoms with Gasteiger partial charge in [0.2, 0.25) is 0 Å². The summed E-state index contributed by atoms with van der Waals surface area (Å²) in [5.41, 5.74) is 4.12. The maximum Gasteiger partial charge on any atom is 0.119 e. The standard InChI is InChI=1S/C14H17BrN2OS/c1-18-12-4-2-3-10(8-12)7-11(17-16)9-14-13(15)5-6-19-14/h2-6,8,11,17H,7,9,16H2,1H3. The fourth-order valence-electron chi connectivity index (χ4n) is 1.97. The maximum atomic E-state index is 5.67. The molecule has 1 atom stereocenters. The zero-order chi connectivity index (χ0) is 13.7. The molecule has 0 saturated carbocycles. The lowest BCUT2D eigenvalue weighted by atomic mass is 10.0. The molecule has 2 aromatic rings. The van der Waals surface area contributed by atoms with Crippen molar-refractivity contribution in [1.29, 1.82) is 0 Å². The van der Waals surface area contributed by atoms with Gasteiger partial charge < -0.3 is 4.74 Å². The van der Waals surface area contributed by atoms with Gasteiger partial charge in [-0.05, 0) is 57.9 Å². The number of methoxy groups -OCH3 is 1. The summed E-state index contributed by atoms with van der Waals surface area (Å²) < 4.78 is 6.39. The van der Waals surface area contributed by atoms with Crippen molar-refractivity contribution >= 4 is 27.3 Å².